The molecule has 1 aliphatic rings. The van der Waals surface area contributed by atoms with Gasteiger partial charge in [0.05, 0.1) is 22.8 Å². The molecule has 0 radical (unpaired) electrons. The average molecular weight is 559 g/mol. The Labute approximate surface area is 255 Å². The Balaban J connectivity index is 1.24. The van der Waals surface area contributed by atoms with Gasteiger partial charge in [-0.2, -0.15) is 0 Å². The summed E-state index contributed by atoms with van der Waals surface area (Å²) in [5.41, 5.74) is 7.86. The molecule has 9 rings (SSSR count). The summed E-state index contributed by atoms with van der Waals surface area (Å²) < 4.78 is 0. The van der Waals surface area contributed by atoms with Crippen molar-refractivity contribution in [1.29, 1.82) is 0 Å². The molecule has 0 atom stereocenters. The number of benzene rings is 8. The van der Waals surface area contributed by atoms with Crippen molar-refractivity contribution >= 4 is 65.9 Å². The highest BCUT2D eigenvalue weighted by Gasteiger charge is 2.20. The molecule has 8 aromatic carbocycles. The van der Waals surface area contributed by atoms with Crippen LogP contribution in [0.5, 0.6) is 0 Å². The van der Waals surface area contributed by atoms with E-state index in [0.29, 0.717) is 0 Å². The van der Waals surface area contributed by atoms with Crippen molar-refractivity contribution in [3.63, 3.8) is 0 Å². The van der Waals surface area contributed by atoms with E-state index in [1.807, 2.05) is 0 Å². The number of aliphatic imine (C=N–C) groups is 2. The first-order valence-corrected chi connectivity index (χ1v) is 15.0. The van der Waals surface area contributed by atoms with Crippen LogP contribution in [-0.4, -0.2) is 11.4 Å². The molecule has 0 saturated heterocycles. The van der Waals surface area contributed by atoms with E-state index in [1.54, 1.807) is 0 Å². The van der Waals surface area contributed by atoms with Gasteiger partial charge in [0.1, 0.15) is 0 Å². The van der Waals surface area contributed by atoms with Gasteiger partial charge in [0.15, 0.2) is 0 Å². The number of fused-ring (bicyclic) bond motifs is 6. The van der Waals surface area contributed by atoms with Gasteiger partial charge in [-0.25, -0.2) is 9.98 Å². The van der Waals surface area contributed by atoms with Crippen LogP contribution >= 0.6 is 0 Å². The Morgan fingerprint density at radius 1 is 0.273 bits per heavy atom. The number of rotatable bonds is 2. The van der Waals surface area contributed by atoms with Gasteiger partial charge in [-0.05, 0) is 91.6 Å². The van der Waals surface area contributed by atoms with Gasteiger partial charge in [0, 0.05) is 22.3 Å². The number of nitrogens with zero attached hydrogens (tertiary/aromatic N) is 2. The molecular weight excluding hydrogens is 532 g/mol. The highest BCUT2D eigenvalue weighted by Crippen LogP contribution is 2.35. The standard InChI is InChI=1S/C42H26N2/c1-3-11-29-23-35-25-33(19-17-31(35)21-27(29)9-1)41-37-13-5-7-15-39(37)44-42(38-14-6-8-16-40(38)43-41)34-20-18-32-22-28-10-2-4-12-30(28)24-36(32)26-34/h1-26H. The minimum atomic E-state index is 0.910. The molecule has 0 saturated carbocycles. The predicted molar refractivity (Wildman–Crippen MR) is 186 cm³/mol. The first-order valence-electron chi connectivity index (χ1n) is 15.0. The fraction of sp³-hybridized carbons (Fsp3) is 0. The van der Waals surface area contributed by atoms with Crippen molar-refractivity contribution in [3.05, 3.63) is 180 Å². The highest BCUT2D eigenvalue weighted by molar-refractivity contribution is 6.23. The van der Waals surface area contributed by atoms with E-state index in [4.69, 9.17) is 9.98 Å². The third-order valence-electron chi connectivity index (χ3n) is 8.74. The van der Waals surface area contributed by atoms with Gasteiger partial charge in [-0.15, -0.1) is 0 Å². The summed E-state index contributed by atoms with van der Waals surface area (Å²) in [5.74, 6) is 0. The maximum atomic E-state index is 5.39. The zero-order chi connectivity index (χ0) is 29.0. The Morgan fingerprint density at radius 3 is 1.05 bits per heavy atom. The van der Waals surface area contributed by atoms with E-state index in [9.17, 15) is 0 Å². The zero-order valence-electron chi connectivity index (χ0n) is 23.9. The zero-order valence-corrected chi connectivity index (χ0v) is 23.9. The lowest BCUT2D eigenvalue weighted by Crippen LogP contribution is -2.10. The quantitative estimate of drug-likeness (QED) is 0.189. The van der Waals surface area contributed by atoms with Crippen molar-refractivity contribution < 1.29 is 0 Å². The van der Waals surface area contributed by atoms with Gasteiger partial charge >= 0.3 is 0 Å². The summed E-state index contributed by atoms with van der Waals surface area (Å²) in [4.78, 5) is 10.8. The van der Waals surface area contributed by atoms with E-state index >= 15 is 0 Å². The highest BCUT2D eigenvalue weighted by atomic mass is 14.8. The molecule has 2 nitrogen and oxygen atoms in total. The van der Waals surface area contributed by atoms with Crippen LogP contribution in [0.4, 0.5) is 11.4 Å². The second kappa shape index (κ2) is 9.86. The van der Waals surface area contributed by atoms with E-state index in [2.05, 4.69) is 158 Å². The lowest BCUT2D eigenvalue weighted by atomic mass is 9.93. The summed E-state index contributed by atoms with van der Waals surface area (Å²) in [7, 11) is 0. The fourth-order valence-corrected chi connectivity index (χ4v) is 6.52. The average Bonchev–Trinajstić information content (AvgIpc) is 3.07. The molecule has 0 amide bonds. The van der Waals surface area contributed by atoms with Crippen LogP contribution in [0.3, 0.4) is 0 Å². The Kier molecular flexibility index (Phi) is 5.54. The third-order valence-corrected chi connectivity index (χ3v) is 8.74. The number of hydrogen-bond donors (Lipinski definition) is 0. The molecule has 204 valence electrons. The number of para-hydroxylation sites is 2. The molecular formula is C42H26N2. The molecule has 0 unspecified atom stereocenters. The van der Waals surface area contributed by atoms with E-state index in [-0.39, 0.29) is 0 Å². The Hall–Kier alpha value is -5.86. The van der Waals surface area contributed by atoms with Crippen LogP contribution in [0.25, 0.3) is 43.1 Å². The smallest absolute Gasteiger partial charge is 0.0803 e. The van der Waals surface area contributed by atoms with E-state index < -0.39 is 0 Å². The molecule has 0 aliphatic carbocycles. The van der Waals surface area contributed by atoms with Crippen LogP contribution in [0.1, 0.15) is 22.3 Å². The maximum Gasteiger partial charge on any atom is 0.0803 e. The lowest BCUT2D eigenvalue weighted by Gasteiger charge is -2.18. The van der Waals surface area contributed by atoms with Gasteiger partial charge < -0.3 is 0 Å². The van der Waals surface area contributed by atoms with Crippen molar-refractivity contribution in [1.82, 2.24) is 0 Å². The lowest BCUT2D eigenvalue weighted by molar-refractivity contribution is 1.39. The first-order chi connectivity index (χ1) is 21.8. The molecule has 0 fully saturated rings. The topological polar surface area (TPSA) is 24.7 Å². The Bertz CT molecular complexity index is 2320. The van der Waals surface area contributed by atoms with Gasteiger partial charge in [0.2, 0.25) is 0 Å². The molecule has 0 spiro atoms. The van der Waals surface area contributed by atoms with Crippen LogP contribution in [0.15, 0.2) is 168 Å². The molecule has 44 heavy (non-hydrogen) atoms. The second-order valence-corrected chi connectivity index (χ2v) is 11.5. The fourth-order valence-electron chi connectivity index (χ4n) is 6.52. The minimum absolute atomic E-state index is 0.910. The summed E-state index contributed by atoms with van der Waals surface area (Å²) >= 11 is 0. The summed E-state index contributed by atoms with van der Waals surface area (Å²) in [5, 5.41) is 9.81. The van der Waals surface area contributed by atoms with Gasteiger partial charge in [-0.3, -0.25) is 0 Å². The molecule has 8 aromatic rings. The number of hydrogen-bond acceptors (Lipinski definition) is 2. The van der Waals surface area contributed by atoms with Crippen molar-refractivity contribution in [3.8, 4) is 0 Å². The monoisotopic (exact) mass is 558 g/mol. The first kappa shape index (κ1) is 24.7. The van der Waals surface area contributed by atoms with Crippen molar-refractivity contribution in [2.45, 2.75) is 0 Å². The second-order valence-electron chi connectivity index (χ2n) is 11.5. The summed E-state index contributed by atoms with van der Waals surface area (Å²) in [6.45, 7) is 0. The molecule has 0 bridgehead atoms. The molecule has 1 heterocycles. The minimum Gasteiger partial charge on any atom is -0.247 e. The van der Waals surface area contributed by atoms with Crippen LogP contribution in [0.2, 0.25) is 0 Å². The normalized spacial score (nSPS) is 12.8. The van der Waals surface area contributed by atoms with Crippen molar-refractivity contribution in [2.75, 3.05) is 0 Å². The SMILES string of the molecule is c1ccc2c(c1)N=C(c1ccc3cc4ccccc4cc3c1)c1ccccc1N=C2c1ccc2cc3ccccc3cc2c1. The van der Waals surface area contributed by atoms with Crippen LogP contribution in [-0.2, 0) is 0 Å². The van der Waals surface area contributed by atoms with Gasteiger partial charge in [-0.1, -0.05) is 109 Å². The molecule has 0 N–H and O–H groups in total. The van der Waals surface area contributed by atoms with Crippen molar-refractivity contribution in [2.24, 2.45) is 9.98 Å². The van der Waals surface area contributed by atoms with Crippen LogP contribution < -0.4 is 0 Å². The van der Waals surface area contributed by atoms with Crippen LogP contribution in [0, 0.1) is 0 Å². The maximum absolute atomic E-state index is 5.39. The predicted octanol–water partition coefficient (Wildman–Crippen LogP) is 11.0. The third kappa shape index (κ3) is 4.11. The molecule has 0 aromatic heterocycles. The summed E-state index contributed by atoms with van der Waals surface area (Å²) in [6, 6.07) is 56.2. The van der Waals surface area contributed by atoms with E-state index in [1.165, 1.54) is 43.1 Å². The molecule has 1 aliphatic heterocycles. The van der Waals surface area contributed by atoms with E-state index in [0.717, 1.165) is 45.1 Å². The molecule has 2 heteroatoms. The van der Waals surface area contributed by atoms with Gasteiger partial charge in [0.25, 0.3) is 0 Å². The largest absolute Gasteiger partial charge is 0.247 e. The summed E-state index contributed by atoms with van der Waals surface area (Å²) in [6.07, 6.45) is 0. The Morgan fingerprint density at radius 2 is 0.614 bits per heavy atom.